The predicted molar refractivity (Wildman–Crippen MR) is 97.4 cm³/mol. The van der Waals surface area contributed by atoms with E-state index in [-0.39, 0.29) is 18.9 Å². The van der Waals surface area contributed by atoms with E-state index in [4.69, 9.17) is 9.47 Å². The van der Waals surface area contributed by atoms with Crippen LogP contribution < -0.4 is 10.1 Å². The number of carbonyl (C=O) groups excluding carboxylic acids is 4. The van der Waals surface area contributed by atoms with Gasteiger partial charge in [-0.3, -0.25) is 19.3 Å². The monoisotopic (exact) mass is 389 g/mol. The summed E-state index contributed by atoms with van der Waals surface area (Å²) in [7, 11) is 0. The molecule has 2 heterocycles. The summed E-state index contributed by atoms with van der Waals surface area (Å²) in [4.78, 5) is 51.8. The highest BCUT2D eigenvalue weighted by Gasteiger charge is 2.55. The first-order valence-electron chi connectivity index (χ1n) is 9.22. The molecular weight excluding hydrogens is 366 g/mol. The second kappa shape index (κ2) is 7.87. The van der Waals surface area contributed by atoms with Crippen LogP contribution in [-0.2, 0) is 24.7 Å². The van der Waals surface area contributed by atoms with Crippen molar-refractivity contribution >= 4 is 23.8 Å². The van der Waals surface area contributed by atoms with E-state index < -0.39 is 36.6 Å². The molecule has 1 aromatic rings. The Morgan fingerprint density at radius 3 is 2.68 bits per heavy atom. The normalized spacial score (nSPS) is 20.4. The third-order valence-corrected chi connectivity index (χ3v) is 5.02. The number of amides is 4. The number of likely N-dealkylation sites (N-methyl/N-ethyl adjacent to an activating group) is 1. The summed E-state index contributed by atoms with van der Waals surface area (Å²) in [5.74, 6) is -1.15. The average molecular weight is 389 g/mol. The van der Waals surface area contributed by atoms with Crippen molar-refractivity contribution in [3.63, 3.8) is 0 Å². The molecule has 1 N–H and O–H groups in total. The summed E-state index contributed by atoms with van der Waals surface area (Å²) in [6, 6.07) is 6.31. The van der Waals surface area contributed by atoms with Crippen LogP contribution in [0.1, 0.15) is 25.8 Å². The number of nitrogens with one attached hydrogen (secondary N) is 1. The van der Waals surface area contributed by atoms with Gasteiger partial charge in [0.25, 0.3) is 11.8 Å². The van der Waals surface area contributed by atoms with Crippen LogP contribution in [0.2, 0.25) is 0 Å². The topological polar surface area (TPSA) is 105 Å². The Labute approximate surface area is 162 Å². The van der Waals surface area contributed by atoms with Gasteiger partial charge in [0.2, 0.25) is 0 Å². The zero-order valence-corrected chi connectivity index (χ0v) is 15.9. The highest BCUT2D eigenvalue weighted by molar-refractivity contribution is 6.09. The Morgan fingerprint density at radius 2 is 1.96 bits per heavy atom. The first kappa shape index (κ1) is 19.7. The van der Waals surface area contributed by atoms with E-state index in [9.17, 15) is 19.2 Å². The Balaban J connectivity index is 1.68. The lowest BCUT2D eigenvalue weighted by molar-refractivity contribution is -0.153. The van der Waals surface area contributed by atoms with Crippen molar-refractivity contribution in [2.24, 2.45) is 0 Å². The third-order valence-electron chi connectivity index (χ3n) is 5.02. The van der Waals surface area contributed by atoms with Crippen molar-refractivity contribution in [3.05, 3.63) is 29.8 Å². The first-order valence-corrected chi connectivity index (χ1v) is 9.22. The molecule has 9 nitrogen and oxygen atoms in total. The van der Waals surface area contributed by atoms with Crippen LogP contribution >= 0.6 is 0 Å². The number of imide groups is 1. The number of esters is 1. The van der Waals surface area contributed by atoms with Crippen LogP contribution in [0.25, 0.3) is 0 Å². The van der Waals surface area contributed by atoms with Crippen LogP contribution in [0.3, 0.4) is 0 Å². The number of carbonyl (C=O) groups is 4. The van der Waals surface area contributed by atoms with E-state index in [1.165, 1.54) is 4.90 Å². The largest absolute Gasteiger partial charge is 0.493 e. The average Bonchev–Trinajstić information content (AvgIpc) is 2.92. The van der Waals surface area contributed by atoms with Gasteiger partial charge in [0.15, 0.2) is 12.1 Å². The molecule has 9 heteroatoms. The summed E-state index contributed by atoms with van der Waals surface area (Å²) in [5, 5.41) is 2.71. The maximum absolute atomic E-state index is 13.0. The molecule has 2 aliphatic heterocycles. The van der Waals surface area contributed by atoms with Crippen molar-refractivity contribution < 1.29 is 28.7 Å². The van der Waals surface area contributed by atoms with E-state index in [0.29, 0.717) is 24.4 Å². The van der Waals surface area contributed by atoms with Crippen LogP contribution in [0, 0.1) is 0 Å². The minimum absolute atomic E-state index is 0.264. The molecule has 1 spiro atoms. The van der Waals surface area contributed by atoms with E-state index in [1.54, 1.807) is 24.3 Å². The Hall–Kier alpha value is -3.10. The van der Waals surface area contributed by atoms with Crippen LogP contribution in [0.5, 0.6) is 5.75 Å². The van der Waals surface area contributed by atoms with Gasteiger partial charge in [0, 0.05) is 25.1 Å². The maximum Gasteiger partial charge on any atom is 0.326 e. The van der Waals surface area contributed by atoms with Gasteiger partial charge in [-0.2, -0.15) is 0 Å². The Kier molecular flexibility index (Phi) is 5.53. The molecule has 0 radical (unpaired) electrons. The minimum Gasteiger partial charge on any atom is -0.493 e. The van der Waals surface area contributed by atoms with E-state index in [1.807, 2.05) is 13.8 Å². The highest BCUT2D eigenvalue weighted by Crippen LogP contribution is 2.40. The summed E-state index contributed by atoms with van der Waals surface area (Å²) in [6.45, 7) is 3.93. The van der Waals surface area contributed by atoms with Gasteiger partial charge in [-0.25, -0.2) is 4.79 Å². The number of ether oxygens (including phenoxy) is 2. The fraction of sp³-hybridized carbons (Fsp3) is 0.474. The van der Waals surface area contributed by atoms with Crippen molar-refractivity contribution in [3.8, 4) is 5.75 Å². The molecule has 0 bridgehead atoms. The lowest BCUT2D eigenvalue weighted by atomic mass is 9.84. The van der Waals surface area contributed by atoms with Gasteiger partial charge >= 0.3 is 12.0 Å². The summed E-state index contributed by atoms with van der Waals surface area (Å²) >= 11 is 0. The first-order chi connectivity index (χ1) is 13.4. The lowest BCUT2D eigenvalue weighted by Crippen LogP contribution is -2.47. The van der Waals surface area contributed by atoms with Gasteiger partial charge in [-0.1, -0.05) is 18.2 Å². The number of hydrogen-bond acceptors (Lipinski definition) is 6. The van der Waals surface area contributed by atoms with E-state index >= 15 is 0 Å². The molecule has 4 amide bonds. The fourth-order valence-corrected chi connectivity index (χ4v) is 3.50. The fourth-order valence-electron chi connectivity index (χ4n) is 3.50. The number of fused-ring (bicyclic) bond motifs is 2. The number of benzene rings is 1. The number of para-hydroxylation sites is 1. The Bertz CT molecular complexity index is 807. The van der Waals surface area contributed by atoms with E-state index in [2.05, 4.69) is 5.32 Å². The molecule has 0 aliphatic carbocycles. The highest BCUT2D eigenvalue weighted by atomic mass is 16.5. The SMILES string of the molecule is CCN(CC)C(=O)COC(=O)CN1C(=O)N[C@@]2(CCOc3ccccc32)C1=O. The van der Waals surface area contributed by atoms with Crippen LogP contribution in [-0.4, -0.2) is 66.5 Å². The van der Waals surface area contributed by atoms with E-state index in [0.717, 1.165) is 4.90 Å². The molecule has 2 aliphatic rings. The van der Waals surface area contributed by atoms with Crippen LogP contribution in [0.15, 0.2) is 24.3 Å². The molecule has 0 unspecified atom stereocenters. The van der Waals surface area contributed by atoms with Crippen LogP contribution in [0.4, 0.5) is 4.79 Å². The lowest BCUT2D eigenvalue weighted by Gasteiger charge is -2.33. The van der Waals surface area contributed by atoms with Crippen molar-refractivity contribution in [1.82, 2.24) is 15.1 Å². The molecule has 3 rings (SSSR count). The smallest absolute Gasteiger partial charge is 0.326 e. The van der Waals surface area contributed by atoms with Gasteiger partial charge in [-0.15, -0.1) is 0 Å². The molecule has 1 saturated heterocycles. The number of nitrogens with zero attached hydrogens (tertiary/aromatic N) is 2. The zero-order chi connectivity index (χ0) is 20.3. The molecule has 1 aromatic carbocycles. The summed E-state index contributed by atoms with van der Waals surface area (Å²) in [6.07, 6.45) is 0.264. The summed E-state index contributed by atoms with van der Waals surface area (Å²) < 4.78 is 10.5. The number of rotatable bonds is 6. The van der Waals surface area contributed by atoms with Gasteiger partial charge < -0.3 is 19.7 Å². The van der Waals surface area contributed by atoms with Gasteiger partial charge in [0.05, 0.1) is 6.61 Å². The van der Waals surface area contributed by atoms with Crippen molar-refractivity contribution in [1.29, 1.82) is 0 Å². The second-order valence-electron chi connectivity index (χ2n) is 6.55. The van der Waals surface area contributed by atoms with Crippen molar-refractivity contribution in [2.45, 2.75) is 25.8 Å². The maximum atomic E-state index is 13.0. The number of hydrogen-bond donors (Lipinski definition) is 1. The molecule has 28 heavy (non-hydrogen) atoms. The number of urea groups is 1. The third kappa shape index (κ3) is 3.39. The molecule has 0 aromatic heterocycles. The zero-order valence-electron chi connectivity index (χ0n) is 15.9. The minimum atomic E-state index is -1.25. The van der Waals surface area contributed by atoms with Gasteiger partial charge in [-0.05, 0) is 19.9 Å². The quantitative estimate of drug-likeness (QED) is 0.565. The predicted octanol–water partition coefficient (Wildman–Crippen LogP) is 0.628. The summed E-state index contributed by atoms with van der Waals surface area (Å²) in [5.41, 5.74) is -0.685. The Morgan fingerprint density at radius 1 is 1.25 bits per heavy atom. The molecule has 1 atom stereocenters. The molecule has 150 valence electrons. The second-order valence-corrected chi connectivity index (χ2v) is 6.55. The standard InChI is InChI=1S/C19H23N3O6/c1-3-21(4-2)15(23)12-28-16(24)11-22-17(25)19(20-18(22)26)9-10-27-14-8-6-5-7-13(14)19/h5-8H,3-4,9-12H2,1-2H3,(H,20,26)/t19-/m1/s1. The van der Waals surface area contributed by atoms with Gasteiger partial charge in [0.1, 0.15) is 12.3 Å². The molecule has 1 fully saturated rings. The van der Waals surface area contributed by atoms with Crippen molar-refractivity contribution in [2.75, 3.05) is 32.8 Å². The molecular formula is C19H23N3O6. The molecule has 0 saturated carbocycles.